The number of para-hydroxylation sites is 1. The molecule has 120 valence electrons. The van der Waals surface area contributed by atoms with Crippen molar-refractivity contribution in [3.05, 3.63) is 52.5 Å². The Labute approximate surface area is 142 Å². The molecular weight excluding hydrogens is 382 g/mol. The summed E-state index contributed by atoms with van der Waals surface area (Å²) in [5.74, 6) is 0.0501. The van der Waals surface area contributed by atoms with Crippen LogP contribution < -0.4 is 15.4 Å². The van der Waals surface area contributed by atoms with E-state index >= 15 is 0 Å². The fraction of sp³-hybridized carbons (Fsp3) is 0.133. The smallest absolute Gasteiger partial charge is 0.308 e. The zero-order chi connectivity index (χ0) is 16.4. The van der Waals surface area contributed by atoms with Crippen LogP contribution in [0.25, 0.3) is 0 Å². The van der Waals surface area contributed by atoms with Crippen molar-refractivity contribution >= 4 is 49.0 Å². The van der Waals surface area contributed by atoms with Crippen LogP contribution in [0, 0.1) is 0 Å². The number of anilines is 3. The molecule has 0 fully saturated rings. The van der Waals surface area contributed by atoms with Crippen molar-refractivity contribution in [3.8, 4) is 0 Å². The Hall–Kier alpha value is -2.06. The summed E-state index contributed by atoms with van der Waals surface area (Å²) in [5.41, 5.74) is 2.36. The van der Waals surface area contributed by atoms with Crippen LogP contribution in [0.5, 0.6) is 0 Å². The van der Waals surface area contributed by atoms with Gasteiger partial charge in [0.05, 0.1) is 17.1 Å². The number of benzene rings is 2. The second-order valence-electron chi connectivity index (χ2n) is 5.10. The molecule has 1 aliphatic rings. The predicted molar refractivity (Wildman–Crippen MR) is 94.3 cm³/mol. The number of aryl methyl sites for hydroxylation is 1. The van der Waals surface area contributed by atoms with E-state index in [0.29, 0.717) is 23.5 Å². The predicted octanol–water partition coefficient (Wildman–Crippen LogP) is 3.39. The Morgan fingerprint density at radius 2 is 1.83 bits per heavy atom. The van der Waals surface area contributed by atoms with Gasteiger partial charge in [0.25, 0.3) is 0 Å². The summed E-state index contributed by atoms with van der Waals surface area (Å²) in [4.78, 5) is 12.1. The van der Waals surface area contributed by atoms with Gasteiger partial charge in [-0.1, -0.05) is 28.1 Å². The number of carbonyl (C=O) groups excluding carboxylic acids is 1. The third kappa shape index (κ3) is 3.83. The van der Waals surface area contributed by atoms with Crippen LogP contribution in [0.3, 0.4) is 0 Å². The lowest BCUT2D eigenvalue weighted by atomic mass is 10.1. The van der Waals surface area contributed by atoms with E-state index in [1.807, 2.05) is 18.2 Å². The van der Waals surface area contributed by atoms with Crippen molar-refractivity contribution in [3.63, 3.8) is 0 Å². The molecule has 23 heavy (non-hydrogen) atoms. The minimum atomic E-state index is -3.35. The molecule has 0 radical (unpaired) electrons. The summed E-state index contributed by atoms with van der Waals surface area (Å²) in [5, 5.41) is 5.38. The fourth-order valence-electron chi connectivity index (χ4n) is 2.30. The first-order valence-electron chi connectivity index (χ1n) is 6.89. The Bertz CT molecular complexity index is 851. The van der Waals surface area contributed by atoms with Gasteiger partial charge in [-0.05, 0) is 42.3 Å². The Morgan fingerprint density at radius 3 is 2.57 bits per heavy atom. The molecule has 6 nitrogen and oxygen atoms in total. The van der Waals surface area contributed by atoms with Gasteiger partial charge in [0.2, 0.25) is 10.0 Å². The molecule has 0 spiro atoms. The molecule has 3 N–H and O–H groups in total. The maximum Gasteiger partial charge on any atom is 0.323 e. The number of hydrogen-bond donors (Lipinski definition) is 3. The standard InChI is InChI=1S/C15H14BrN3O3S/c16-11-4-6-12(7-5-11)17-15(20)18-13-3-1-2-10-8-9-23(21,22)19-14(10)13/h1-7,19H,8-9H2,(H2,17,18,20). The molecule has 2 aromatic rings. The number of halogens is 1. The lowest BCUT2D eigenvalue weighted by Crippen LogP contribution is -2.26. The van der Waals surface area contributed by atoms with E-state index < -0.39 is 16.1 Å². The molecular formula is C15H14BrN3O3S. The number of fused-ring (bicyclic) bond motifs is 1. The molecule has 0 saturated heterocycles. The van der Waals surface area contributed by atoms with Gasteiger partial charge in [0, 0.05) is 10.2 Å². The number of urea groups is 1. The van der Waals surface area contributed by atoms with Gasteiger partial charge in [-0.25, -0.2) is 13.2 Å². The van der Waals surface area contributed by atoms with Gasteiger partial charge in [0.1, 0.15) is 0 Å². The summed E-state index contributed by atoms with van der Waals surface area (Å²) in [6, 6.07) is 12.0. The molecule has 0 atom stereocenters. The quantitative estimate of drug-likeness (QED) is 0.727. The SMILES string of the molecule is O=C(Nc1ccc(Br)cc1)Nc1cccc2c1NS(=O)(=O)CC2. The number of hydrogen-bond acceptors (Lipinski definition) is 3. The lowest BCUT2D eigenvalue weighted by molar-refractivity contribution is 0.262. The number of carbonyl (C=O) groups is 1. The van der Waals surface area contributed by atoms with Crippen LogP contribution in [0.4, 0.5) is 21.9 Å². The van der Waals surface area contributed by atoms with Crippen molar-refractivity contribution in [2.75, 3.05) is 21.1 Å². The Balaban J connectivity index is 1.78. The van der Waals surface area contributed by atoms with Crippen LogP contribution in [-0.2, 0) is 16.4 Å². The monoisotopic (exact) mass is 395 g/mol. The number of sulfonamides is 1. The van der Waals surface area contributed by atoms with Gasteiger partial charge >= 0.3 is 6.03 Å². The van der Waals surface area contributed by atoms with E-state index in [2.05, 4.69) is 31.3 Å². The minimum Gasteiger partial charge on any atom is -0.308 e. The van der Waals surface area contributed by atoms with Gasteiger partial charge in [0.15, 0.2) is 0 Å². The zero-order valence-electron chi connectivity index (χ0n) is 12.0. The van der Waals surface area contributed by atoms with Gasteiger partial charge < -0.3 is 10.6 Å². The average Bonchev–Trinajstić information content (AvgIpc) is 2.49. The summed E-state index contributed by atoms with van der Waals surface area (Å²) in [7, 11) is -3.35. The van der Waals surface area contributed by atoms with E-state index in [1.165, 1.54) is 0 Å². The highest BCUT2D eigenvalue weighted by Gasteiger charge is 2.22. The number of amides is 2. The highest BCUT2D eigenvalue weighted by atomic mass is 79.9. The third-order valence-corrected chi connectivity index (χ3v) is 5.18. The Morgan fingerprint density at radius 1 is 1.09 bits per heavy atom. The van der Waals surface area contributed by atoms with Gasteiger partial charge in [-0.15, -0.1) is 0 Å². The summed E-state index contributed by atoms with van der Waals surface area (Å²) in [6.07, 6.45) is 0.425. The molecule has 0 saturated carbocycles. The van der Waals surface area contributed by atoms with Gasteiger partial charge in [-0.2, -0.15) is 0 Å². The topological polar surface area (TPSA) is 87.3 Å². The normalized spacial score (nSPS) is 15.2. The first kappa shape index (κ1) is 15.8. The van der Waals surface area contributed by atoms with Crippen molar-refractivity contribution < 1.29 is 13.2 Å². The first-order valence-corrected chi connectivity index (χ1v) is 9.33. The summed E-state index contributed by atoms with van der Waals surface area (Å²) >= 11 is 3.32. The van der Waals surface area contributed by atoms with E-state index in [4.69, 9.17) is 0 Å². The van der Waals surface area contributed by atoms with Crippen molar-refractivity contribution in [2.24, 2.45) is 0 Å². The van der Waals surface area contributed by atoms with E-state index in [0.717, 1.165) is 10.0 Å². The summed E-state index contributed by atoms with van der Waals surface area (Å²) in [6.45, 7) is 0. The Kier molecular flexibility index (Phi) is 4.27. The molecule has 3 rings (SSSR count). The maximum absolute atomic E-state index is 12.1. The molecule has 1 aliphatic heterocycles. The van der Waals surface area contributed by atoms with E-state index in [-0.39, 0.29) is 5.75 Å². The summed E-state index contributed by atoms with van der Waals surface area (Å²) < 4.78 is 26.9. The molecule has 0 unspecified atom stereocenters. The van der Waals surface area contributed by atoms with Crippen molar-refractivity contribution in [2.45, 2.75) is 6.42 Å². The van der Waals surface area contributed by atoms with Crippen molar-refractivity contribution in [1.29, 1.82) is 0 Å². The second kappa shape index (κ2) is 6.21. The second-order valence-corrected chi connectivity index (χ2v) is 7.85. The van der Waals surface area contributed by atoms with E-state index in [1.54, 1.807) is 24.3 Å². The van der Waals surface area contributed by atoms with Crippen LogP contribution in [0.15, 0.2) is 46.9 Å². The zero-order valence-corrected chi connectivity index (χ0v) is 14.4. The van der Waals surface area contributed by atoms with Crippen LogP contribution in [-0.4, -0.2) is 20.2 Å². The molecule has 0 bridgehead atoms. The largest absolute Gasteiger partial charge is 0.323 e. The molecule has 8 heteroatoms. The van der Waals surface area contributed by atoms with Crippen LogP contribution in [0.1, 0.15) is 5.56 Å². The minimum absolute atomic E-state index is 0.0501. The first-order chi connectivity index (χ1) is 10.9. The maximum atomic E-state index is 12.1. The average molecular weight is 396 g/mol. The number of rotatable bonds is 2. The fourth-order valence-corrected chi connectivity index (χ4v) is 3.71. The van der Waals surface area contributed by atoms with Crippen LogP contribution >= 0.6 is 15.9 Å². The highest BCUT2D eigenvalue weighted by molar-refractivity contribution is 9.10. The lowest BCUT2D eigenvalue weighted by Gasteiger charge is -2.21. The van der Waals surface area contributed by atoms with E-state index in [9.17, 15) is 13.2 Å². The highest BCUT2D eigenvalue weighted by Crippen LogP contribution is 2.31. The molecule has 2 amide bonds. The van der Waals surface area contributed by atoms with Crippen molar-refractivity contribution in [1.82, 2.24) is 0 Å². The molecule has 1 heterocycles. The molecule has 0 aliphatic carbocycles. The molecule has 2 aromatic carbocycles. The molecule has 0 aromatic heterocycles. The third-order valence-electron chi connectivity index (χ3n) is 3.40. The van der Waals surface area contributed by atoms with Gasteiger partial charge in [-0.3, -0.25) is 4.72 Å². The van der Waals surface area contributed by atoms with Crippen LogP contribution in [0.2, 0.25) is 0 Å². The number of nitrogens with one attached hydrogen (secondary N) is 3.